The van der Waals surface area contributed by atoms with Crippen molar-refractivity contribution in [3.63, 3.8) is 0 Å². The van der Waals surface area contributed by atoms with E-state index in [1.807, 2.05) is 12.3 Å². The van der Waals surface area contributed by atoms with E-state index in [4.69, 9.17) is 4.99 Å². The van der Waals surface area contributed by atoms with Crippen LogP contribution in [0.15, 0.2) is 53.1 Å². The van der Waals surface area contributed by atoms with Gasteiger partial charge < -0.3 is 9.80 Å². The summed E-state index contributed by atoms with van der Waals surface area (Å²) in [6.45, 7) is 8.63. The fourth-order valence-corrected chi connectivity index (χ4v) is 3.23. The molecule has 1 aromatic rings. The van der Waals surface area contributed by atoms with Crippen molar-refractivity contribution in [1.82, 2.24) is 14.8 Å². The lowest BCUT2D eigenvalue weighted by molar-refractivity contribution is 0.500. The Morgan fingerprint density at radius 2 is 2.04 bits per heavy atom. The van der Waals surface area contributed by atoms with Gasteiger partial charge in [-0.3, -0.25) is 4.98 Å². The number of nitrogens with zero attached hydrogens (tertiary/aromatic N) is 4. The topological polar surface area (TPSA) is 31.7 Å². The zero-order valence-corrected chi connectivity index (χ0v) is 15.8. The Morgan fingerprint density at radius 1 is 1.28 bits per heavy atom. The van der Waals surface area contributed by atoms with Crippen LogP contribution < -0.4 is 0 Å². The van der Waals surface area contributed by atoms with Crippen molar-refractivity contribution in [3.8, 4) is 0 Å². The molecule has 4 heteroatoms. The fourth-order valence-electron chi connectivity index (χ4n) is 3.23. The first-order valence-corrected chi connectivity index (χ1v) is 9.18. The third kappa shape index (κ3) is 3.84. The normalized spacial score (nSPS) is 20.2. The van der Waals surface area contributed by atoms with Gasteiger partial charge in [0, 0.05) is 49.4 Å². The number of aliphatic imine (C=N–C) groups is 1. The van der Waals surface area contributed by atoms with Crippen molar-refractivity contribution in [2.45, 2.75) is 40.0 Å². The average molecular weight is 336 g/mol. The molecule has 25 heavy (non-hydrogen) atoms. The number of amidine groups is 1. The number of pyridine rings is 1. The van der Waals surface area contributed by atoms with E-state index in [2.05, 4.69) is 67.0 Å². The van der Waals surface area contributed by atoms with Gasteiger partial charge in [-0.25, -0.2) is 4.99 Å². The third-order valence-corrected chi connectivity index (χ3v) is 4.92. The molecule has 4 nitrogen and oxygen atoms in total. The molecule has 0 atom stereocenters. The number of rotatable bonds is 3. The summed E-state index contributed by atoms with van der Waals surface area (Å²) in [6, 6.07) is 4.14. The zero-order chi connectivity index (χ0) is 17.8. The molecule has 0 saturated carbocycles. The van der Waals surface area contributed by atoms with E-state index in [-0.39, 0.29) is 0 Å². The summed E-state index contributed by atoms with van der Waals surface area (Å²) in [5.41, 5.74) is 4.67. The first-order valence-electron chi connectivity index (χ1n) is 9.18. The molecule has 2 aliphatic rings. The molecule has 0 aromatic carbocycles. The highest BCUT2D eigenvalue weighted by molar-refractivity contribution is 5.96. The van der Waals surface area contributed by atoms with E-state index in [0.717, 1.165) is 48.0 Å². The van der Waals surface area contributed by atoms with Gasteiger partial charge in [0.2, 0.25) is 0 Å². The number of likely N-dealkylation sites (tertiary alicyclic amines) is 1. The second-order valence-corrected chi connectivity index (χ2v) is 6.81. The van der Waals surface area contributed by atoms with Crippen LogP contribution in [0.2, 0.25) is 0 Å². The fraction of sp³-hybridized carbons (Fsp3) is 0.429. The Labute approximate surface area is 151 Å². The maximum Gasteiger partial charge on any atom is 0.142 e. The molecule has 3 rings (SSSR count). The minimum Gasteiger partial charge on any atom is -0.357 e. The minimum absolute atomic E-state index is 0.994. The van der Waals surface area contributed by atoms with Gasteiger partial charge in [-0.2, -0.15) is 0 Å². The van der Waals surface area contributed by atoms with Crippen LogP contribution >= 0.6 is 0 Å². The molecule has 1 aromatic heterocycles. The summed E-state index contributed by atoms with van der Waals surface area (Å²) in [7, 11) is 2.07. The van der Waals surface area contributed by atoms with Gasteiger partial charge in [-0.1, -0.05) is 24.6 Å². The number of aromatic nitrogens is 1. The van der Waals surface area contributed by atoms with Crippen molar-refractivity contribution in [3.05, 3.63) is 59.3 Å². The number of hydrogen-bond acceptors (Lipinski definition) is 4. The van der Waals surface area contributed by atoms with Crippen LogP contribution in [0.4, 0.5) is 0 Å². The Hall–Kier alpha value is -2.36. The zero-order valence-electron chi connectivity index (χ0n) is 15.8. The van der Waals surface area contributed by atoms with E-state index in [1.54, 1.807) is 0 Å². The summed E-state index contributed by atoms with van der Waals surface area (Å²) in [5, 5.41) is 0. The second-order valence-electron chi connectivity index (χ2n) is 6.81. The third-order valence-electron chi connectivity index (χ3n) is 4.92. The largest absolute Gasteiger partial charge is 0.357 e. The summed E-state index contributed by atoms with van der Waals surface area (Å²) in [5.74, 6) is 2.07. The smallest absolute Gasteiger partial charge is 0.142 e. The van der Waals surface area contributed by atoms with Crippen LogP contribution in [0.3, 0.4) is 0 Å². The second kappa shape index (κ2) is 7.68. The highest BCUT2D eigenvalue weighted by Gasteiger charge is 2.21. The number of allylic oxidation sites excluding steroid dienone is 3. The lowest BCUT2D eigenvalue weighted by atomic mass is 10.0. The molecule has 0 amide bonds. The maximum atomic E-state index is 5.04. The highest BCUT2D eigenvalue weighted by atomic mass is 15.3. The van der Waals surface area contributed by atoms with E-state index >= 15 is 0 Å². The Balaban J connectivity index is 2.14. The predicted octanol–water partition coefficient (Wildman–Crippen LogP) is 4.37. The standard InChI is InChI=1S/C21H28N4/c1-5-16(2)15-19(18-9-8-11-22-17(18)3)21-23-20(10-14-24(21)4)25-12-6-7-13-25/h8-11,14-15H,5-7,12-13H2,1-4H3/b16-15?,21-19+. The van der Waals surface area contributed by atoms with E-state index in [9.17, 15) is 0 Å². The van der Waals surface area contributed by atoms with Crippen molar-refractivity contribution < 1.29 is 0 Å². The van der Waals surface area contributed by atoms with Crippen LogP contribution in [0.5, 0.6) is 0 Å². The van der Waals surface area contributed by atoms with E-state index < -0.39 is 0 Å². The molecule has 3 heterocycles. The van der Waals surface area contributed by atoms with Gasteiger partial charge in [0.05, 0.1) is 0 Å². The van der Waals surface area contributed by atoms with Crippen molar-refractivity contribution in [2.24, 2.45) is 4.99 Å². The molecule has 0 aliphatic carbocycles. The van der Waals surface area contributed by atoms with Crippen LogP contribution in [0, 0.1) is 6.92 Å². The predicted molar refractivity (Wildman–Crippen MR) is 105 cm³/mol. The van der Waals surface area contributed by atoms with Gasteiger partial charge in [-0.05, 0) is 45.3 Å². The maximum absolute atomic E-state index is 5.04. The molecule has 0 unspecified atom stereocenters. The van der Waals surface area contributed by atoms with Gasteiger partial charge in [0.1, 0.15) is 11.7 Å². The SMILES string of the molecule is CCC(C)=C/C(=C1/N=C(N2CCCC2)C=CN1C)c1cccnc1C. The lowest BCUT2D eigenvalue weighted by Crippen LogP contribution is -2.30. The number of hydrogen-bond donors (Lipinski definition) is 0. The summed E-state index contributed by atoms with van der Waals surface area (Å²) in [4.78, 5) is 14.0. The van der Waals surface area contributed by atoms with Crippen molar-refractivity contribution >= 4 is 11.4 Å². The molecule has 0 radical (unpaired) electrons. The Morgan fingerprint density at radius 3 is 2.72 bits per heavy atom. The molecular weight excluding hydrogens is 308 g/mol. The Bertz CT molecular complexity index is 749. The number of aryl methyl sites for hydroxylation is 1. The first kappa shape index (κ1) is 17.5. The summed E-state index contributed by atoms with van der Waals surface area (Å²) < 4.78 is 0. The molecule has 1 saturated heterocycles. The van der Waals surface area contributed by atoms with Crippen LogP contribution in [-0.2, 0) is 0 Å². The first-order chi connectivity index (χ1) is 12.1. The van der Waals surface area contributed by atoms with Crippen molar-refractivity contribution in [1.29, 1.82) is 0 Å². The van der Waals surface area contributed by atoms with E-state index in [0.29, 0.717) is 0 Å². The molecule has 1 fully saturated rings. The quantitative estimate of drug-likeness (QED) is 0.821. The monoisotopic (exact) mass is 336 g/mol. The molecule has 0 spiro atoms. The van der Waals surface area contributed by atoms with Gasteiger partial charge in [-0.15, -0.1) is 0 Å². The lowest BCUT2D eigenvalue weighted by Gasteiger charge is -2.27. The highest BCUT2D eigenvalue weighted by Crippen LogP contribution is 2.29. The molecule has 132 valence electrons. The molecular formula is C21H28N4. The van der Waals surface area contributed by atoms with Crippen LogP contribution in [0.1, 0.15) is 44.4 Å². The van der Waals surface area contributed by atoms with E-state index in [1.165, 1.54) is 18.4 Å². The van der Waals surface area contributed by atoms with Crippen molar-refractivity contribution in [2.75, 3.05) is 20.1 Å². The van der Waals surface area contributed by atoms with Crippen LogP contribution in [0.25, 0.3) is 5.57 Å². The Kier molecular flexibility index (Phi) is 5.37. The van der Waals surface area contributed by atoms with Gasteiger partial charge in [0.15, 0.2) is 0 Å². The van der Waals surface area contributed by atoms with Gasteiger partial charge >= 0.3 is 0 Å². The molecule has 0 bridgehead atoms. The average Bonchev–Trinajstić information content (AvgIpc) is 3.15. The molecule has 0 N–H and O–H groups in total. The minimum atomic E-state index is 0.994. The van der Waals surface area contributed by atoms with Gasteiger partial charge in [0.25, 0.3) is 0 Å². The van der Waals surface area contributed by atoms with Crippen LogP contribution in [-0.4, -0.2) is 40.8 Å². The summed E-state index contributed by atoms with van der Waals surface area (Å²) in [6.07, 6.45) is 11.9. The molecule has 2 aliphatic heterocycles. The summed E-state index contributed by atoms with van der Waals surface area (Å²) >= 11 is 0.